The lowest BCUT2D eigenvalue weighted by molar-refractivity contribution is 0.646. The van der Waals surface area contributed by atoms with Gasteiger partial charge in [0.15, 0.2) is 5.58 Å². The number of rotatable bonds is 5. The molecule has 12 aromatic rings. The van der Waals surface area contributed by atoms with Crippen LogP contribution in [0, 0.1) is 0 Å². The predicted molar refractivity (Wildman–Crippen MR) is 231 cm³/mol. The van der Waals surface area contributed by atoms with Crippen molar-refractivity contribution < 1.29 is 8.83 Å². The Balaban J connectivity index is 1.06. The van der Waals surface area contributed by atoms with E-state index in [4.69, 9.17) is 8.83 Å². The topological polar surface area (TPSA) is 34.5 Å². The molecule has 4 heterocycles. The van der Waals surface area contributed by atoms with E-state index in [2.05, 4.69) is 173 Å². The summed E-state index contributed by atoms with van der Waals surface area (Å²) < 4.78 is 18.3. The second kappa shape index (κ2) is 11.7. The molecule has 55 heavy (non-hydrogen) atoms. The van der Waals surface area contributed by atoms with Crippen molar-refractivity contribution in [2.24, 2.45) is 0 Å². The van der Waals surface area contributed by atoms with Gasteiger partial charge in [0.1, 0.15) is 11.2 Å². The number of hydrogen-bond acceptors (Lipinski definition) is 4. The van der Waals surface area contributed by atoms with Crippen molar-refractivity contribution in [2.45, 2.75) is 0 Å². The molecule has 0 saturated carbocycles. The molecule has 0 aliphatic heterocycles. The molecule has 0 bridgehead atoms. The first kappa shape index (κ1) is 30.4. The first-order valence-corrected chi connectivity index (χ1v) is 19.3. The predicted octanol–water partition coefficient (Wildman–Crippen LogP) is 14.9. The molecule has 258 valence electrons. The van der Waals surface area contributed by atoms with Gasteiger partial charge in [0.05, 0.1) is 27.0 Å². The molecule has 0 radical (unpaired) electrons. The Hall–Kier alpha value is -7.08. The van der Waals surface area contributed by atoms with Gasteiger partial charge < -0.3 is 13.7 Å². The number of nitrogens with zero attached hydrogens (tertiary/aromatic N) is 2. The zero-order valence-electron chi connectivity index (χ0n) is 29.4. The van der Waals surface area contributed by atoms with E-state index in [0.717, 1.165) is 83.4 Å². The summed E-state index contributed by atoms with van der Waals surface area (Å²) in [5.41, 5.74) is 11.0. The number of benzene rings is 8. The highest BCUT2D eigenvalue weighted by Gasteiger charge is 2.24. The maximum atomic E-state index is 6.92. The Kier molecular flexibility index (Phi) is 6.47. The summed E-state index contributed by atoms with van der Waals surface area (Å²) in [7, 11) is 0. The van der Waals surface area contributed by atoms with Crippen molar-refractivity contribution in [1.82, 2.24) is 4.57 Å². The van der Waals surface area contributed by atoms with E-state index >= 15 is 0 Å². The molecule has 5 heteroatoms. The van der Waals surface area contributed by atoms with E-state index < -0.39 is 0 Å². The smallest absolute Gasteiger partial charge is 0.213 e. The normalized spacial score (nSPS) is 12.0. The van der Waals surface area contributed by atoms with Crippen molar-refractivity contribution in [3.63, 3.8) is 0 Å². The van der Waals surface area contributed by atoms with Crippen LogP contribution in [0.3, 0.4) is 0 Å². The van der Waals surface area contributed by atoms with Gasteiger partial charge in [0, 0.05) is 54.0 Å². The highest BCUT2D eigenvalue weighted by Crippen LogP contribution is 2.48. The van der Waals surface area contributed by atoms with Crippen LogP contribution < -0.4 is 4.90 Å². The van der Waals surface area contributed by atoms with Crippen molar-refractivity contribution in [3.8, 4) is 16.8 Å². The molecule has 0 amide bonds. The summed E-state index contributed by atoms with van der Waals surface area (Å²) >= 11 is 1.83. The number of aromatic nitrogens is 1. The molecule has 8 aromatic carbocycles. The third kappa shape index (κ3) is 4.45. The van der Waals surface area contributed by atoms with Crippen LogP contribution in [0.2, 0.25) is 0 Å². The van der Waals surface area contributed by atoms with Crippen molar-refractivity contribution >= 4 is 103 Å². The second-order valence-electron chi connectivity index (χ2n) is 14.0. The molecule has 0 N–H and O–H groups in total. The molecule has 12 rings (SSSR count). The van der Waals surface area contributed by atoms with Crippen molar-refractivity contribution in [2.75, 3.05) is 4.90 Å². The van der Waals surface area contributed by atoms with Gasteiger partial charge in [-0.05, 0) is 60.2 Å². The number of fused-ring (bicyclic) bond motifs is 11. The summed E-state index contributed by atoms with van der Waals surface area (Å²) in [5, 5.41) is 8.15. The average Bonchev–Trinajstić information content (AvgIpc) is 4.00. The third-order valence-corrected chi connectivity index (χ3v) is 12.2. The van der Waals surface area contributed by atoms with Crippen LogP contribution in [-0.2, 0) is 0 Å². The number of anilines is 3. The molecule has 0 aliphatic rings. The molecule has 0 unspecified atom stereocenters. The molecule has 0 atom stereocenters. The first-order chi connectivity index (χ1) is 27.3. The van der Waals surface area contributed by atoms with Crippen LogP contribution in [0.15, 0.2) is 191 Å². The number of hydrogen-bond donors (Lipinski definition) is 0. The molecule has 4 aromatic heterocycles. The zero-order chi connectivity index (χ0) is 36.0. The fraction of sp³-hybridized carbons (Fsp3) is 0. The first-order valence-electron chi connectivity index (χ1n) is 18.5. The van der Waals surface area contributed by atoms with Crippen molar-refractivity contribution in [3.05, 3.63) is 182 Å². The third-order valence-electron chi connectivity index (χ3n) is 11.0. The van der Waals surface area contributed by atoms with Crippen molar-refractivity contribution in [1.29, 1.82) is 0 Å². The summed E-state index contributed by atoms with van der Waals surface area (Å²) in [6.07, 6.45) is 0. The monoisotopic (exact) mass is 722 g/mol. The summed E-state index contributed by atoms with van der Waals surface area (Å²) in [4.78, 5) is 2.36. The molecule has 4 nitrogen and oxygen atoms in total. The fourth-order valence-electron chi connectivity index (χ4n) is 8.59. The maximum Gasteiger partial charge on any atom is 0.213 e. The van der Waals surface area contributed by atoms with E-state index in [0.29, 0.717) is 0 Å². The summed E-state index contributed by atoms with van der Waals surface area (Å²) in [5.74, 6) is 0. The molecule has 0 fully saturated rings. The lowest BCUT2D eigenvalue weighted by Gasteiger charge is -2.26. The van der Waals surface area contributed by atoms with E-state index in [1.54, 1.807) is 0 Å². The minimum Gasteiger partial charge on any atom is -0.454 e. The minimum atomic E-state index is 0.855. The summed E-state index contributed by atoms with van der Waals surface area (Å²) in [6.45, 7) is 0. The van der Waals surface area contributed by atoms with E-state index in [1.165, 1.54) is 25.6 Å². The van der Waals surface area contributed by atoms with Gasteiger partial charge in [0.2, 0.25) is 5.71 Å². The number of thiophene rings is 1. The minimum absolute atomic E-state index is 0.855. The molecule has 0 aliphatic carbocycles. The molecular weight excluding hydrogens is 693 g/mol. The van der Waals surface area contributed by atoms with E-state index in [1.807, 2.05) is 29.5 Å². The largest absolute Gasteiger partial charge is 0.454 e. The SMILES string of the molecule is c1ccc(-n2c3ccccc3c3c4cccc(-c5ccc(N(c6cccc7c6oc6ccccc67)c6cccc7c6sc6ccccc67)cc5)c4oc32)cc1. The Morgan fingerprint density at radius 2 is 1.13 bits per heavy atom. The zero-order valence-corrected chi connectivity index (χ0v) is 30.3. The second-order valence-corrected chi connectivity index (χ2v) is 15.1. The van der Waals surface area contributed by atoms with Gasteiger partial charge in [-0.15, -0.1) is 11.3 Å². The molecular formula is C50H30N2O2S. The fourth-order valence-corrected chi connectivity index (χ4v) is 9.80. The van der Waals surface area contributed by atoms with Crippen LogP contribution in [0.1, 0.15) is 0 Å². The van der Waals surface area contributed by atoms with Gasteiger partial charge in [-0.2, -0.15) is 0 Å². The van der Waals surface area contributed by atoms with Crippen LogP contribution in [-0.4, -0.2) is 4.57 Å². The van der Waals surface area contributed by atoms with E-state index in [-0.39, 0.29) is 0 Å². The molecule has 0 saturated heterocycles. The quantitative estimate of drug-likeness (QED) is 0.177. The molecule has 0 spiro atoms. The van der Waals surface area contributed by atoms with Crippen LogP contribution >= 0.6 is 11.3 Å². The van der Waals surface area contributed by atoms with Gasteiger partial charge in [-0.25, -0.2) is 0 Å². The standard InChI is InChI=1S/C50H30N2O2S/c1-2-13-32(14-3-1)52-41-22-7-4-17-39(41)46-40-21-10-18-34(47(40)54-50(46)52)31-27-29-33(30-28-31)51(42-23-11-19-37-35-15-5-8-25-44(35)53-48(37)42)43-24-12-20-38-36-16-6-9-26-45(36)55-49(38)43/h1-30H. The van der Waals surface area contributed by atoms with Crippen LogP contribution in [0.25, 0.3) is 91.9 Å². The number of furan rings is 2. The number of para-hydroxylation sites is 5. The lowest BCUT2D eigenvalue weighted by atomic mass is 10.0. The summed E-state index contributed by atoms with van der Waals surface area (Å²) in [6, 6.07) is 64.5. The van der Waals surface area contributed by atoms with E-state index in [9.17, 15) is 0 Å². The highest BCUT2D eigenvalue weighted by molar-refractivity contribution is 7.26. The lowest BCUT2D eigenvalue weighted by Crippen LogP contribution is -2.10. The van der Waals surface area contributed by atoms with Crippen LogP contribution in [0.5, 0.6) is 0 Å². The average molecular weight is 723 g/mol. The Labute approximate surface area is 319 Å². The Morgan fingerprint density at radius 3 is 2.00 bits per heavy atom. The Morgan fingerprint density at radius 1 is 0.455 bits per heavy atom. The van der Waals surface area contributed by atoms with Gasteiger partial charge in [-0.1, -0.05) is 127 Å². The van der Waals surface area contributed by atoms with Gasteiger partial charge >= 0.3 is 0 Å². The highest BCUT2D eigenvalue weighted by atomic mass is 32.1. The maximum absolute atomic E-state index is 6.92. The van der Waals surface area contributed by atoms with Gasteiger partial charge in [0.25, 0.3) is 0 Å². The van der Waals surface area contributed by atoms with Crippen LogP contribution in [0.4, 0.5) is 17.1 Å². The van der Waals surface area contributed by atoms with Gasteiger partial charge in [-0.3, -0.25) is 4.57 Å². The Bertz CT molecular complexity index is 3330.